The number of hydrogen-bond acceptors (Lipinski definition) is 9. The minimum absolute atomic E-state index is 0.0996. The van der Waals surface area contributed by atoms with Crippen LogP contribution in [-0.4, -0.2) is 89.6 Å². The Morgan fingerprint density at radius 3 is 1.50 bits per heavy atom. The third-order valence-electron chi connectivity index (χ3n) is 10.8. The second-order valence-electron chi connectivity index (χ2n) is 16.5. The molecular formula is C53H90O9. The average molecular weight is 871 g/mol. The van der Waals surface area contributed by atoms with Gasteiger partial charge in [0.05, 0.1) is 19.8 Å². The Bertz CT molecular complexity index is 1220. The van der Waals surface area contributed by atoms with E-state index in [1.165, 1.54) is 89.9 Å². The summed E-state index contributed by atoms with van der Waals surface area (Å²) in [4.78, 5) is 12.8. The number of unbranched alkanes of at least 4 members (excludes halogenated alkanes) is 16. The van der Waals surface area contributed by atoms with Crippen molar-refractivity contribution in [2.75, 3.05) is 26.4 Å². The van der Waals surface area contributed by atoms with Gasteiger partial charge in [-0.15, -0.1) is 0 Å². The monoisotopic (exact) mass is 871 g/mol. The van der Waals surface area contributed by atoms with E-state index in [-0.39, 0.29) is 19.2 Å². The highest BCUT2D eigenvalue weighted by Crippen LogP contribution is 2.22. The van der Waals surface area contributed by atoms with Crippen LogP contribution in [0, 0.1) is 0 Å². The summed E-state index contributed by atoms with van der Waals surface area (Å²) in [5.74, 6) is -0.338. The molecule has 6 atom stereocenters. The zero-order valence-electron chi connectivity index (χ0n) is 39.1. The van der Waals surface area contributed by atoms with Gasteiger partial charge in [0, 0.05) is 13.0 Å². The van der Waals surface area contributed by atoms with Crippen LogP contribution >= 0.6 is 0 Å². The summed E-state index contributed by atoms with van der Waals surface area (Å²) in [6.45, 7) is 4.28. The normalized spacial score (nSPS) is 20.5. The van der Waals surface area contributed by atoms with Gasteiger partial charge in [-0.05, 0) is 83.5 Å². The molecule has 6 unspecified atom stereocenters. The largest absolute Gasteiger partial charge is 0.457 e. The Kier molecular flexibility index (Phi) is 40.4. The van der Waals surface area contributed by atoms with Crippen molar-refractivity contribution in [1.82, 2.24) is 0 Å². The Morgan fingerprint density at radius 2 is 0.984 bits per heavy atom. The first-order valence-corrected chi connectivity index (χ1v) is 24.7. The Labute approximate surface area is 378 Å². The lowest BCUT2D eigenvalue weighted by molar-refractivity contribution is -0.305. The number of rotatable bonds is 41. The predicted octanol–water partition coefficient (Wildman–Crippen LogP) is 11.8. The first kappa shape index (κ1) is 57.4. The van der Waals surface area contributed by atoms with Crippen molar-refractivity contribution in [1.29, 1.82) is 0 Å². The Hall–Kier alpha value is -2.63. The van der Waals surface area contributed by atoms with E-state index >= 15 is 0 Å². The summed E-state index contributed by atoms with van der Waals surface area (Å²) in [5.41, 5.74) is 0. The molecule has 0 aromatic heterocycles. The summed E-state index contributed by atoms with van der Waals surface area (Å²) >= 11 is 0. The molecule has 0 aliphatic carbocycles. The molecule has 0 amide bonds. The molecule has 1 fully saturated rings. The molecule has 0 spiro atoms. The van der Waals surface area contributed by atoms with Crippen molar-refractivity contribution in [2.24, 2.45) is 0 Å². The number of esters is 1. The molecule has 9 nitrogen and oxygen atoms in total. The maximum absolute atomic E-state index is 12.8. The molecule has 0 radical (unpaired) electrons. The number of allylic oxidation sites excluding steroid dienone is 14. The highest BCUT2D eigenvalue weighted by molar-refractivity contribution is 5.69. The van der Waals surface area contributed by atoms with E-state index in [1.807, 2.05) is 0 Å². The zero-order chi connectivity index (χ0) is 45.0. The smallest absolute Gasteiger partial charge is 0.306 e. The van der Waals surface area contributed by atoms with E-state index in [4.69, 9.17) is 18.9 Å². The van der Waals surface area contributed by atoms with Gasteiger partial charge in [-0.1, -0.05) is 176 Å². The number of carbonyl (C=O) groups is 1. The van der Waals surface area contributed by atoms with Gasteiger partial charge < -0.3 is 39.4 Å². The second kappa shape index (κ2) is 43.6. The maximum atomic E-state index is 12.8. The molecule has 4 N–H and O–H groups in total. The number of hydrogen-bond donors (Lipinski definition) is 4. The van der Waals surface area contributed by atoms with Crippen molar-refractivity contribution in [3.63, 3.8) is 0 Å². The van der Waals surface area contributed by atoms with Gasteiger partial charge in [-0.25, -0.2) is 0 Å². The van der Waals surface area contributed by atoms with Crippen molar-refractivity contribution in [3.05, 3.63) is 85.1 Å². The van der Waals surface area contributed by atoms with Gasteiger partial charge in [0.15, 0.2) is 6.29 Å². The molecule has 1 saturated heterocycles. The molecule has 62 heavy (non-hydrogen) atoms. The summed E-state index contributed by atoms with van der Waals surface area (Å²) in [6, 6.07) is 0. The van der Waals surface area contributed by atoms with E-state index in [0.717, 1.165) is 70.6 Å². The van der Waals surface area contributed by atoms with Gasteiger partial charge in [0.25, 0.3) is 0 Å². The molecule has 9 heteroatoms. The minimum Gasteiger partial charge on any atom is -0.457 e. The van der Waals surface area contributed by atoms with Crippen LogP contribution in [-0.2, 0) is 23.7 Å². The van der Waals surface area contributed by atoms with Crippen molar-refractivity contribution in [3.8, 4) is 0 Å². The van der Waals surface area contributed by atoms with Crippen LogP contribution in [0.4, 0.5) is 0 Å². The van der Waals surface area contributed by atoms with Crippen LogP contribution in [0.2, 0.25) is 0 Å². The van der Waals surface area contributed by atoms with E-state index < -0.39 is 43.4 Å². The summed E-state index contributed by atoms with van der Waals surface area (Å²) < 4.78 is 22.8. The molecule has 1 aliphatic heterocycles. The van der Waals surface area contributed by atoms with Crippen LogP contribution in [0.25, 0.3) is 0 Å². The summed E-state index contributed by atoms with van der Waals surface area (Å²) in [5, 5.41) is 40.2. The van der Waals surface area contributed by atoms with Crippen molar-refractivity contribution < 1.29 is 44.2 Å². The molecule has 0 bridgehead atoms. The van der Waals surface area contributed by atoms with Gasteiger partial charge >= 0.3 is 5.97 Å². The first-order chi connectivity index (χ1) is 30.4. The lowest BCUT2D eigenvalue weighted by atomic mass is 9.99. The molecule has 1 rings (SSSR count). The highest BCUT2D eigenvalue weighted by Gasteiger charge is 2.44. The minimum atomic E-state index is -1.55. The predicted molar refractivity (Wildman–Crippen MR) is 256 cm³/mol. The lowest BCUT2D eigenvalue weighted by Gasteiger charge is -2.39. The second-order valence-corrected chi connectivity index (χ2v) is 16.5. The SMILES string of the molecule is CC/C=C\C/C=C\C/C=C\C/C=C\C/C=C\C/C=C\CCCOCC(COC1OC(CO)C(O)C(O)C1O)OC(=O)CCCCCCCCCCC/C=C\CCCCCCCC. The van der Waals surface area contributed by atoms with Crippen molar-refractivity contribution >= 4 is 5.97 Å². The maximum Gasteiger partial charge on any atom is 0.306 e. The number of aliphatic hydroxyl groups is 4. The molecule has 1 aliphatic rings. The molecule has 0 aromatic rings. The standard InChI is InChI=1S/C53H90O9/c1-3-5-7-9-11-13-15-17-19-21-23-25-27-29-31-33-35-37-39-41-43-59-45-47(46-60-53-52(58)51(57)50(56)48(44-54)62-53)61-49(55)42-40-38-36-34-32-30-28-26-24-22-20-18-16-14-12-10-8-6-4-2/h5,7,11,13,17-20,23,25,29,31,35,37,47-48,50-54,56-58H,3-4,6,8-10,12,14-16,21-22,24,26-28,30,32-34,36,38-46H2,1-2H3/b7-5-,13-11-,19-17-,20-18-,25-23-,31-29-,37-35-. The highest BCUT2D eigenvalue weighted by atomic mass is 16.7. The van der Waals surface area contributed by atoms with Gasteiger partial charge in [-0.3, -0.25) is 4.79 Å². The fourth-order valence-electron chi connectivity index (χ4n) is 6.97. The van der Waals surface area contributed by atoms with Gasteiger partial charge in [0.1, 0.15) is 30.5 Å². The van der Waals surface area contributed by atoms with Crippen LogP contribution in [0.15, 0.2) is 85.1 Å². The van der Waals surface area contributed by atoms with Crippen LogP contribution in [0.5, 0.6) is 0 Å². The average Bonchev–Trinajstić information content (AvgIpc) is 3.27. The Balaban J connectivity index is 2.29. The quantitative estimate of drug-likeness (QED) is 0.0269. The van der Waals surface area contributed by atoms with Crippen LogP contribution in [0.3, 0.4) is 0 Å². The van der Waals surface area contributed by atoms with E-state index in [0.29, 0.717) is 13.0 Å². The molecular weight excluding hydrogens is 781 g/mol. The van der Waals surface area contributed by atoms with Crippen LogP contribution < -0.4 is 0 Å². The fourth-order valence-corrected chi connectivity index (χ4v) is 6.97. The van der Waals surface area contributed by atoms with E-state index in [1.54, 1.807) is 0 Å². The van der Waals surface area contributed by atoms with Crippen molar-refractivity contribution in [2.45, 2.75) is 218 Å². The number of ether oxygens (including phenoxy) is 4. The third-order valence-corrected chi connectivity index (χ3v) is 10.8. The fraction of sp³-hybridized carbons (Fsp3) is 0.717. The molecule has 0 saturated carbocycles. The number of aliphatic hydroxyl groups excluding tert-OH is 4. The third kappa shape index (κ3) is 33.9. The summed E-state index contributed by atoms with van der Waals surface area (Å²) in [7, 11) is 0. The van der Waals surface area contributed by atoms with Crippen LogP contribution in [0.1, 0.15) is 181 Å². The summed E-state index contributed by atoms with van der Waals surface area (Å²) in [6.07, 6.45) is 51.9. The van der Waals surface area contributed by atoms with E-state index in [2.05, 4.69) is 98.9 Å². The topological polar surface area (TPSA) is 135 Å². The Morgan fingerprint density at radius 1 is 0.532 bits per heavy atom. The first-order valence-electron chi connectivity index (χ1n) is 24.7. The van der Waals surface area contributed by atoms with Gasteiger partial charge in [-0.2, -0.15) is 0 Å². The van der Waals surface area contributed by atoms with E-state index in [9.17, 15) is 25.2 Å². The number of carbonyl (C=O) groups excluding carboxylic acids is 1. The molecule has 356 valence electrons. The molecule has 0 aromatic carbocycles. The lowest BCUT2D eigenvalue weighted by Crippen LogP contribution is -2.59. The van der Waals surface area contributed by atoms with Gasteiger partial charge in [0.2, 0.25) is 0 Å². The zero-order valence-corrected chi connectivity index (χ0v) is 39.1. The molecule has 1 heterocycles.